The summed E-state index contributed by atoms with van der Waals surface area (Å²) in [5.74, 6) is 0. The minimum atomic E-state index is -0.211. The molecule has 2 heterocycles. The van der Waals surface area contributed by atoms with Crippen molar-refractivity contribution in [2.75, 3.05) is 12.0 Å². The fraction of sp³-hybridized carbons (Fsp3) is 0.545. The Hall–Kier alpha value is -1.69. The number of nitrogens with one attached hydrogen (secondary N) is 1. The lowest BCUT2D eigenvalue weighted by molar-refractivity contribution is 0.181. The van der Waals surface area contributed by atoms with Gasteiger partial charge in [-0.1, -0.05) is 0 Å². The van der Waals surface area contributed by atoms with Gasteiger partial charge in [0.25, 0.3) is 0 Å². The molecule has 0 spiro atoms. The first kappa shape index (κ1) is 11.8. The van der Waals surface area contributed by atoms with Crippen LogP contribution >= 0.6 is 0 Å². The third kappa shape index (κ3) is 3.13. The van der Waals surface area contributed by atoms with Crippen LogP contribution in [0.1, 0.15) is 26.2 Å². The monoisotopic (exact) mass is 235 g/mol. The summed E-state index contributed by atoms with van der Waals surface area (Å²) in [7, 11) is 0. The van der Waals surface area contributed by atoms with E-state index >= 15 is 0 Å². The van der Waals surface area contributed by atoms with E-state index in [0.29, 0.717) is 0 Å². The molecule has 2 rings (SSSR count). The lowest BCUT2D eigenvalue weighted by atomic mass is 10.2. The van der Waals surface area contributed by atoms with Crippen molar-refractivity contribution in [3.63, 3.8) is 0 Å². The van der Waals surface area contributed by atoms with Gasteiger partial charge in [-0.2, -0.15) is 0 Å². The molecule has 0 fully saturated rings. The number of rotatable bonds is 6. The maximum Gasteiger partial charge on any atom is 0.181 e. The Morgan fingerprint density at radius 1 is 1.41 bits per heavy atom. The molecular formula is C11H17N5O. The smallest absolute Gasteiger partial charge is 0.181 e. The SMILES string of the molecule is CC(O)CCCCNn1cnc2cncnc21. The zero-order valence-corrected chi connectivity index (χ0v) is 9.87. The van der Waals surface area contributed by atoms with Crippen molar-refractivity contribution in [2.45, 2.75) is 32.3 Å². The van der Waals surface area contributed by atoms with Crippen molar-refractivity contribution in [3.8, 4) is 0 Å². The molecule has 0 amide bonds. The fourth-order valence-electron chi connectivity index (χ4n) is 1.65. The largest absolute Gasteiger partial charge is 0.393 e. The predicted molar refractivity (Wildman–Crippen MR) is 65.1 cm³/mol. The second-order valence-electron chi connectivity index (χ2n) is 4.10. The highest BCUT2D eigenvalue weighted by Gasteiger charge is 2.02. The van der Waals surface area contributed by atoms with Gasteiger partial charge in [-0.25, -0.2) is 19.6 Å². The van der Waals surface area contributed by atoms with E-state index in [1.807, 2.05) is 6.92 Å². The third-order valence-corrected chi connectivity index (χ3v) is 2.54. The van der Waals surface area contributed by atoms with Crippen molar-refractivity contribution in [2.24, 2.45) is 0 Å². The average molecular weight is 235 g/mol. The van der Waals surface area contributed by atoms with Gasteiger partial charge in [-0.15, -0.1) is 0 Å². The van der Waals surface area contributed by atoms with Crippen LogP contribution in [0.25, 0.3) is 11.2 Å². The van der Waals surface area contributed by atoms with Gasteiger partial charge in [0.1, 0.15) is 18.2 Å². The highest BCUT2D eigenvalue weighted by Crippen LogP contribution is 2.05. The zero-order valence-electron chi connectivity index (χ0n) is 9.87. The Balaban J connectivity index is 1.83. The summed E-state index contributed by atoms with van der Waals surface area (Å²) in [4.78, 5) is 12.2. The summed E-state index contributed by atoms with van der Waals surface area (Å²) < 4.78 is 1.80. The van der Waals surface area contributed by atoms with Crippen LogP contribution in [0.5, 0.6) is 0 Å². The van der Waals surface area contributed by atoms with Crippen molar-refractivity contribution in [1.82, 2.24) is 19.6 Å². The van der Waals surface area contributed by atoms with Gasteiger partial charge in [0, 0.05) is 6.54 Å². The molecule has 0 saturated carbocycles. The molecule has 2 aromatic heterocycles. The van der Waals surface area contributed by atoms with Crippen LogP contribution in [0.15, 0.2) is 18.9 Å². The number of aliphatic hydroxyl groups excluding tert-OH is 1. The van der Waals surface area contributed by atoms with Crippen LogP contribution in [-0.4, -0.2) is 37.4 Å². The number of hydrogen-bond donors (Lipinski definition) is 2. The molecule has 0 saturated heterocycles. The van der Waals surface area contributed by atoms with E-state index < -0.39 is 0 Å². The number of nitrogens with zero attached hydrogens (tertiary/aromatic N) is 4. The molecule has 0 aliphatic rings. The van der Waals surface area contributed by atoms with Crippen molar-refractivity contribution >= 4 is 11.2 Å². The molecule has 17 heavy (non-hydrogen) atoms. The summed E-state index contributed by atoms with van der Waals surface area (Å²) >= 11 is 0. The Labute approximate surface area is 99.7 Å². The first-order valence-corrected chi connectivity index (χ1v) is 5.82. The highest BCUT2D eigenvalue weighted by molar-refractivity contribution is 5.69. The summed E-state index contributed by atoms with van der Waals surface area (Å²) in [6, 6.07) is 0. The summed E-state index contributed by atoms with van der Waals surface area (Å²) in [5, 5.41) is 9.12. The van der Waals surface area contributed by atoms with Crippen molar-refractivity contribution in [3.05, 3.63) is 18.9 Å². The second kappa shape index (κ2) is 5.58. The van der Waals surface area contributed by atoms with Gasteiger partial charge < -0.3 is 10.5 Å². The van der Waals surface area contributed by atoms with E-state index in [2.05, 4.69) is 20.4 Å². The molecule has 0 radical (unpaired) electrons. The first-order valence-electron chi connectivity index (χ1n) is 5.82. The predicted octanol–water partition coefficient (Wildman–Crippen LogP) is 0.921. The standard InChI is InChI=1S/C11H17N5O/c1-9(17)4-2-3-5-15-16-8-14-10-6-12-7-13-11(10)16/h6-9,15,17H,2-5H2,1H3. The summed E-state index contributed by atoms with van der Waals surface area (Å²) in [6.45, 7) is 2.65. The Morgan fingerprint density at radius 2 is 2.29 bits per heavy atom. The lowest BCUT2D eigenvalue weighted by Crippen LogP contribution is -2.15. The van der Waals surface area contributed by atoms with E-state index in [9.17, 15) is 0 Å². The molecule has 1 unspecified atom stereocenters. The zero-order chi connectivity index (χ0) is 12.1. The number of aromatic nitrogens is 4. The highest BCUT2D eigenvalue weighted by atomic mass is 16.3. The van der Waals surface area contributed by atoms with E-state index in [4.69, 9.17) is 5.11 Å². The van der Waals surface area contributed by atoms with Gasteiger partial charge in [0.2, 0.25) is 0 Å². The van der Waals surface area contributed by atoms with Crippen LogP contribution in [0.2, 0.25) is 0 Å². The van der Waals surface area contributed by atoms with Crippen LogP contribution in [0.4, 0.5) is 0 Å². The second-order valence-corrected chi connectivity index (χ2v) is 4.10. The maximum absolute atomic E-state index is 9.12. The summed E-state index contributed by atoms with van der Waals surface area (Å²) in [5.41, 5.74) is 4.79. The number of imidazole rings is 1. The van der Waals surface area contributed by atoms with Crippen LogP contribution < -0.4 is 5.43 Å². The third-order valence-electron chi connectivity index (χ3n) is 2.54. The van der Waals surface area contributed by atoms with Crippen LogP contribution in [-0.2, 0) is 0 Å². The van der Waals surface area contributed by atoms with Crippen LogP contribution in [0.3, 0.4) is 0 Å². The average Bonchev–Trinajstić information content (AvgIpc) is 2.72. The molecule has 0 bridgehead atoms. The number of unbranched alkanes of at least 4 members (excludes halogenated alkanes) is 1. The quantitative estimate of drug-likeness (QED) is 0.728. The minimum absolute atomic E-state index is 0.211. The molecule has 2 aromatic rings. The van der Waals surface area contributed by atoms with Crippen molar-refractivity contribution in [1.29, 1.82) is 0 Å². The molecule has 2 N–H and O–H groups in total. The van der Waals surface area contributed by atoms with Gasteiger partial charge in [-0.3, -0.25) is 0 Å². The van der Waals surface area contributed by atoms with Gasteiger partial charge in [0.15, 0.2) is 5.65 Å². The Kier molecular flexibility index (Phi) is 3.87. The number of fused-ring (bicyclic) bond motifs is 1. The normalized spacial score (nSPS) is 12.8. The Morgan fingerprint density at radius 3 is 3.12 bits per heavy atom. The molecule has 6 heteroatoms. The van der Waals surface area contributed by atoms with Gasteiger partial charge >= 0.3 is 0 Å². The number of aliphatic hydroxyl groups is 1. The van der Waals surface area contributed by atoms with E-state index in [-0.39, 0.29) is 6.10 Å². The van der Waals surface area contributed by atoms with Gasteiger partial charge in [-0.05, 0) is 26.2 Å². The molecule has 1 atom stereocenters. The van der Waals surface area contributed by atoms with Crippen molar-refractivity contribution < 1.29 is 5.11 Å². The summed E-state index contributed by atoms with van der Waals surface area (Å²) in [6.07, 6.45) is 7.55. The molecular weight excluding hydrogens is 218 g/mol. The van der Waals surface area contributed by atoms with Crippen LogP contribution in [0, 0.1) is 0 Å². The molecule has 0 aromatic carbocycles. The van der Waals surface area contributed by atoms with E-state index in [1.165, 1.54) is 6.33 Å². The fourth-order valence-corrected chi connectivity index (χ4v) is 1.65. The lowest BCUT2D eigenvalue weighted by Gasteiger charge is -2.08. The Bertz CT molecular complexity index is 468. The molecule has 0 aliphatic heterocycles. The molecule has 92 valence electrons. The van der Waals surface area contributed by atoms with E-state index in [0.717, 1.165) is 37.0 Å². The molecule has 0 aliphatic carbocycles. The molecule has 6 nitrogen and oxygen atoms in total. The number of hydrogen-bond acceptors (Lipinski definition) is 5. The first-order chi connectivity index (χ1) is 8.27. The van der Waals surface area contributed by atoms with Gasteiger partial charge in [0.05, 0.1) is 12.3 Å². The topological polar surface area (TPSA) is 75.9 Å². The van der Waals surface area contributed by atoms with E-state index in [1.54, 1.807) is 17.2 Å². The minimum Gasteiger partial charge on any atom is -0.393 e. The maximum atomic E-state index is 9.12.